The highest BCUT2D eigenvalue weighted by atomic mass is 32.1. The van der Waals surface area contributed by atoms with E-state index in [1.807, 2.05) is 25.1 Å². The summed E-state index contributed by atoms with van der Waals surface area (Å²) >= 11 is 1.70. The number of benzene rings is 2. The summed E-state index contributed by atoms with van der Waals surface area (Å²) in [5.41, 5.74) is 6.05. The third-order valence-electron chi connectivity index (χ3n) is 6.76. The normalized spacial score (nSPS) is 15.9. The monoisotopic (exact) mass is 498 g/mol. The molecular formula is C29H30N4O2S. The van der Waals surface area contributed by atoms with Gasteiger partial charge in [-0.05, 0) is 54.3 Å². The molecule has 184 valence electrons. The van der Waals surface area contributed by atoms with Gasteiger partial charge in [0.2, 0.25) is 5.82 Å². The summed E-state index contributed by atoms with van der Waals surface area (Å²) < 4.78 is 5.82. The van der Waals surface area contributed by atoms with Crippen LogP contribution in [0, 0.1) is 0 Å². The second kappa shape index (κ2) is 10.5. The van der Waals surface area contributed by atoms with E-state index in [9.17, 15) is 4.79 Å². The topological polar surface area (TPSA) is 71.3 Å². The number of hydrogen-bond acceptors (Lipinski definition) is 5. The number of urea groups is 1. The van der Waals surface area contributed by atoms with Crippen LogP contribution in [0.4, 0.5) is 4.79 Å². The van der Waals surface area contributed by atoms with Gasteiger partial charge in [-0.3, -0.25) is 4.90 Å². The van der Waals surface area contributed by atoms with Crippen LogP contribution in [0.25, 0.3) is 17.0 Å². The van der Waals surface area contributed by atoms with Crippen LogP contribution < -0.4 is 5.32 Å². The molecular weight excluding hydrogens is 468 g/mol. The number of carbonyl (C=O) groups excluding carboxylic acids is 1. The minimum absolute atomic E-state index is 0.118. The molecule has 1 atom stereocenters. The van der Waals surface area contributed by atoms with E-state index in [0.717, 1.165) is 41.7 Å². The highest BCUT2D eigenvalue weighted by Gasteiger charge is 2.35. The Hall–Kier alpha value is -3.71. The van der Waals surface area contributed by atoms with Crippen molar-refractivity contribution in [3.8, 4) is 11.4 Å². The maximum Gasteiger partial charge on any atom is 0.322 e. The fourth-order valence-corrected chi connectivity index (χ4v) is 5.24. The van der Waals surface area contributed by atoms with Crippen LogP contribution in [0.5, 0.6) is 0 Å². The van der Waals surface area contributed by atoms with Crippen molar-refractivity contribution in [2.75, 3.05) is 6.54 Å². The molecule has 7 heteroatoms. The third kappa shape index (κ3) is 4.84. The fourth-order valence-electron chi connectivity index (χ4n) is 4.54. The smallest absolute Gasteiger partial charge is 0.322 e. The van der Waals surface area contributed by atoms with Crippen LogP contribution in [0.15, 0.2) is 76.3 Å². The minimum Gasteiger partial charge on any atom is -0.334 e. The number of nitrogens with one attached hydrogen (secondary N) is 1. The molecule has 5 rings (SSSR count). The number of amides is 2. The molecule has 1 aliphatic heterocycles. The van der Waals surface area contributed by atoms with Crippen LogP contribution in [-0.2, 0) is 19.3 Å². The zero-order valence-corrected chi connectivity index (χ0v) is 21.6. The van der Waals surface area contributed by atoms with Gasteiger partial charge in [0.05, 0.1) is 11.6 Å². The fraction of sp³-hybridized carbons (Fsp3) is 0.276. The van der Waals surface area contributed by atoms with Crippen molar-refractivity contribution >= 4 is 22.9 Å². The van der Waals surface area contributed by atoms with E-state index < -0.39 is 0 Å². The predicted octanol–water partition coefficient (Wildman–Crippen LogP) is 6.66. The lowest BCUT2D eigenvalue weighted by atomic mass is 9.93. The van der Waals surface area contributed by atoms with Gasteiger partial charge in [-0.15, -0.1) is 11.3 Å². The largest absolute Gasteiger partial charge is 0.334 e. The third-order valence-corrected chi connectivity index (χ3v) is 7.69. The summed E-state index contributed by atoms with van der Waals surface area (Å²) in [6.07, 6.45) is 2.72. The lowest BCUT2D eigenvalue weighted by Gasteiger charge is -2.35. The summed E-state index contributed by atoms with van der Waals surface area (Å²) in [5.74, 6) is 0.961. The number of aryl methyl sites for hydroxylation is 2. The Morgan fingerprint density at radius 3 is 2.33 bits per heavy atom. The first-order chi connectivity index (χ1) is 17.6. The molecule has 1 N–H and O–H groups in total. The quantitative estimate of drug-likeness (QED) is 0.295. The van der Waals surface area contributed by atoms with E-state index in [0.29, 0.717) is 18.3 Å². The van der Waals surface area contributed by atoms with Gasteiger partial charge in [-0.25, -0.2) is 4.79 Å². The Morgan fingerprint density at radius 1 is 1.00 bits per heavy atom. The molecule has 1 unspecified atom stereocenters. The van der Waals surface area contributed by atoms with Crippen LogP contribution >= 0.6 is 11.3 Å². The van der Waals surface area contributed by atoms with Crippen molar-refractivity contribution in [2.45, 2.75) is 46.1 Å². The predicted molar refractivity (Wildman–Crippen MR) is 144 cm³/mol. The molecule has 2 amide bonds. The highest BCUT2D eigenvalue weighted by molar-refractivity contribution is 7.09. The first kappa shape index (κ1) is 24.0. The van der Waals surface area contributed by atoms with Crippen LogP contribution in [0.2, 0.25) is 0 Å². The molecule has 0 radical (unpaired) electrons. The number of rotatable bonds is 8. The number of thiophene rings is 1. The Balaban J connectivity index is 1.53. The number of allylic oxidation sites excluding steroid dienone is 1. The standard InChI is InChI=1S/C29H30N4O2S/c1-4-20-8-12-22(13-9-20)26-25(19(3)33(29(34)30-26)17-16-24-7-6-18-36-24)28-31-27(32-35-28)23-14-10-21(5-2)11-15-23/h6-15,18,26H,4-5,16-17H2,1-3H3,(H,30,34). The molecule has 0 aliphatic carbocycles. The Bertz CT molecular complexity index is 1360. The van der Waals surface area contributed by atoms with E-state index in [1.165, 1.54) is 16.0 Å². The van der Waals surface area contributed by atoms with Crippen LogP contribution in [0.1, 0.15) is 54.3 Å². The molecule has 3 heterocycles. The summed E-state index contributed by atoms with van der Waals surface area (Å²) in [7, 11) is 0. The molecule has 36 heavy (non-hydrogen) atoms. The zero-order chi connectivity index (χ0) is 25.1. The van der Waals surface area contributed by atoms with Gasteiger partial charge >= 0.3 is 6.03 Å². The lowest BCUT2D eigenvalue weighted by molar-refractivity contribution is 0.205. The number of nitrogens with zero attached hydrogens (tertiary/aromatic N) is 3. The molecule has 0 saturated carbocycles. The number of hydrogen-bond donors (Lipinski definition) is 1. The van der Waals surface area contributed by atoms with Crippen molar-refractivity contribution in [3.63, 3.8) is 0 Å². The summed E-state index contributed by atoms with van der Waals surface area (Å²) in [4.78, 5) is 21.1. The zero-order valence-electron chi connectivity index (χ0n) is 20.8. The molecule has 4 aromatic rings. The number of aromatic nitrogens is 2. The van der Waals surface area contributed by atoms with Crippen molar-refractivity contribution in [1.29, 1.82) is 0 Å². The average Bonchev–Trinajstić information content (AvgIpc) is 3.61. The summed E-state index contributed by atoms with van der Waals surface area (Å²) in [5, 5.41) is 9.54. The highest BCUT2D eigenvalue weighted by Crippen LogP contribution is 2.37. The maximum atomic E-state index is 13.3. The maximum absolute atomic E-state index is 13.3. The average molecular weight is 499 g/mol. The molecule has 1 aliphatic rings. The molecule has 0 saturated heterocycles. The number of carbonyl (C=O) groups is 1. The summed E-state index contributed by atoms with van der Waals surface area (Å²) in [6.45, 7) is 6.80. The van der Waals surface area contributed by atoms with Gasteiger partial charge in [-0.1, -0.05) is 73.6 Å². The first-order valence-corrected chi connectivity index (χ1v) is 13.3. The van der Waals surface area contributed by atoms with Gasteiger partial charge in [0, 0.05) is 22.7 Å². The molecule has 2 aromatic heterocycles. The van der Waals surface area contributed by atoms with Crippen molar-refractivity contribution in [2.24, 2.45) is 0 Å². The van der Waals surface area contributed by atoms with Crippen LogP contribution in [0.3, 0.4) is 0 Å². The van der Waals surface area contributed by atoms with Crippen LogP contribution in [-0.4, -0.2) is 27.6 Å². The van der Waals surface area contributed by atoms with Gasteiger partial charge in [-0.2, -0.15) is 4.98 Å². The molecule has 6 nitrogen and oxygen atoms in total. The van der Waals surface area contributed by atoms with E-state index in [1.54, 1.807) is 16.2 Å². The van der Waals surface area contributed by atoms with E-state index in [2.05, 4.69) is 72.2 Å². The molecule has 0 spiro atoms. The van der Waals surface area contributed by atoms with Gasteiger partial charge < -0.3 is 9.84 Å². The van der Waals surface area contributed by atoms with E-state index in [4.69, 9.17) is 9.51 Å². The Labute approximate surface area is 215 Å². The molecule has 0 bridgehead atoms. The van der Waals surface area contributed by atoms with E-state index >= 15 is 0 Å². The SMILES string of the molecule is CCc1ccc(-c2noc(C3=C(C)N(CCc4cccs4)C(=O)NC3c3ccc(CC)cc3)n2)cc1. The van der Waals surface area contributed by atoms with E-state index in [-0.39, 0.29) is 12.1 Å². The Kier molecular flexibility index (Phi) is 7.00. The molecule has 2 aromatic carbocycles. The second-order valence-corrected chi connectivity index (χ2v) is 9.96. The van der Waals surface area contributed by atoms with Crippen molar-refractivity contribution in [1.82, 2.24) is 20.4 Å². The van der Waals surface area contributed by atoms with Crippen molar-refractivity contribution < 1.29 is 9.32 Å². The molecule has 0 fully saturated rings. The van der Waals surface area contributed by atoms with Gasteiger partial charge in [0.25, 0.3) is 5.89 Å². The first-order valence-electron chi connectivity index (χ1n) is 12.4. The second-order valence-electron chi connectivity index (χ2n) is 8.93. The Morgan fingerprint density at radius 2 is 1.69 bits per heavy atom. The van der Waals surface area contributed by atoms with Crippen molar-refractivity contribution in [3.05, 3.63) is 99.2 Å². The summed E-state index contributed by atoms with van der Waals surface area (Å²) in [6, 6.07) is 20.2. The van der Waals surface area contributed by atoms with Gasteiger partial charge in [0.1, 0.15) is 0 Å². The van der Waals surface area contributed by atoms with Gasteiger partial charge in [0.15, 0.2) is 0 Å². The minimum atomic E-state index is -0.378. The lowest BCUT2D eigenvalue weighted by Crippen LogP contribution is -2.46.